The predicted octanol–water partition coefficient (Wildman–Crippen LogP) is 4.45. The van der Waals surface area contributed by atoms with Gasteiger partial charge in [-0.3, -0.25) is 0 Å². The zero-order valence-corrected chi connectivity index (χ0v) is 18.7. The quantitative estimate of drug-likeness (QED) is 0.375. The van der Waals surface area contributed by atoms with E-state index in [4.69, 9.17) is 27.1 Å². The second kappa shape index (κ2) is 9.51. The number of aromatic nitrogens is 5. The van der Waals surface area contributed by atoms with Gasteiger partial charge < -0.3 is 20.4 Å². The Kier molecular flexibility index (Phi) is 6.55. The number of fused-ring (bicyclic) bond motifs is 1. The number of anilines is 3. The van der Waals surface area contributed by atoms with Gasteiger partial charge in [0.2, 0.25) is 11.9 Å². The zero-order chi connectivity index (χ0) is 21.8. The van der Waals surface area contributed by atoms with Crippen molar-refractivity contribution in [2.24, 2.45) is 0 Å². The number of thioether (sulfide) groups is 1. The maximum Gasteiger partial charge on any atom is 0.232 e. The van der Waals surface area contributed by atoms with Crippen LogP contribution in [0.15, 0.2) is 47.6 Å². The molecule has 0 radical (unpaired) electrons. The molecule has 0 aliphatic rings. The first-order chi connectivity index (χ1) is 15.0. The van der Waals surface area contributed by atoms with Crippen molar-refractivity contribution in [3.05, 3.63) is 58.9 Å². The summed E-state index contributed by atoms with van der Waals surface area (Å²) in [4.78, 5) is 17.8. The first-order valence-electron chi connectivity index (χ1n) is 9.64. The van der Waals surface area contributed by atoms with Gasteiger partial charge in [0.1, 0.15) is 5.82 Å². The van der Waals surface area contributed by atoms with Gasteiger partial charge in [0.25, 0.3) is 0 Å². The highest BCUT2D eigenvalue weighted by molar-refractivity contribution is 7.98. The van der Waals surface area contributed by atoms with Crippen molar-refractivity contribution >= 4 is 52.0 Å². The number of ether oxygens (including phenoxy) is 1. The van der Waals surface area contributed by atoms with Crippen LogP contribution in [0, 0.1) is 6.92 Å². The Morgan fingerprint density at radius 3 is 2.77 bits per heavy atom. The van der Waals surface area contributed by atoms with Gasteiger partial charge in [-0.15, -0.1) is 0 Å². The molecule has 0 unspecified atom stereocenters. The Balaban J connectivity index is 1.57. The van der Waals surface area contributed by atoms with Gasteiger partial charge in [0, 0.05) is 24.4 Å². The van der Waals surface area contributed by atoms with Crippen molar-refractivity contribution < 1.29 is 4.74 Å². The van der Waals surface area contributed by atoms with Crippen LogP contribution in [-0.4, -0.2) is 38.2 Å². The van der Waals surface area contributed by atoms with E-state index in [1.54, 1.807) is 7.11 Å². The highest BCUT2D eigenvalue weighted by Crippen LogP contribution is 2.28. The molecule has 0 fully saturated rings. The van der Waals surface area contributed by atoms with Crippen LogP contribution in [0.4, 0.5) is 17.6 Å². The third-order valence-electron chi connectivity index (χ3n) is 4.62. The lowest BCUT2D eigenvalue weighted by Gasteiger charge is -2.10. The largest absolute Gasteiger partial charge is 0.383 e. The number of para-hydroxylation sites is 1. The van der Waals surface area contributed by atoms with Crippen molar-refractivity contribution in [3.8, 4) is 0 Å². The van der Waals surface area contributed by atoms with Gasteiger partial charge in [0.05, 0.1) is 23.4 Å². The summed E-state index contributed by atoms with van der Waals surface area (Å²) in [7, 11) is 1.68. The van der Waals surface area contributed by atoms with E-state index in [0.717, 1.165) is 27.4 Å². The van der Waals surface area contributed by atoms with E-state index in [-0.39, 0.29) is 5.95 Å². The molecule has 160 valence electrons. The number of nitrogen functional groups attached to an aromatic ring is 1. The molecule has 0 aliphatic heterocycles. The average molecular weight is 456 g/mol. The molecule has 10 heteroatoms. The number of methoxy groups -OCH3 is 1. The average Bonchev–Trinajstić information content (AvgIpc) is 3.08. The molecular weight excluding hydrogens is 434 g/mol. The number of halogens is 1. The molecule has 2 aromatic heterocycles. The molecule has 2 heterocycles. The lowest BCUT2D eigenvalue weighted by Crippen LogP contribution is -2.08. The summed E-state index contributed by atoms with van der Waals surface area (Å²) in [5.41, 5.74) is 9.77. The standard InChI is InChI=1S/C21H22ClN7OS/c1-13-5-3-4-6-15(13)24-20-27-18(26-19(23)28-20)12-31-21-25-16-11-14(22)7-8-17(16)29(21)9-10-30-2/h3-8,11H,9-10,12H2,1-2H3,(H3,23,24,26,27,28). The van der Waals surface area contributed by atoms with Gasteiger partial charge in [-0.05, 0) is 36.8 Å². The van der Waals surface area contributed by atoms with Crippen LogP contribution in [0.1, 0.15) is 11.4 Å². The number of nitrogens with two attached hydrogens (primary N) is 1. The normalized spacial score (nSPS) is 11.2. The minimum atomic E-state index is 0.168. The number of imidazole rings is 1. The van der Waals surface area contributed by atoms with E-state index < -0.39 is 0 Å². The first-order valence-corrected chi connectivity index (χ1v) is 11.0. The number of nitrogens with zero attached hydrogens (tertiary/aromatic N) is 5. The molecule has 8 nitrogen and oxygen atoms in total. The van der Waals surface area contributed by atoms with Crippen molar-refractivity contribution in [1.82, 2.24) is 24.5 Å². The molecule has 0 spiro atoms. The van der Waals surface area contributed by atoms with E-state index in [0.29, 0.717) is 35.7 Å². The van der Waals surface area contributed by atoms with Crippen LogP contribution in [-0.2, 0) is 17.0 Å². The SMILES string of the molecule is COCCn1c(SCc2nc(N)nc(Nc3ccccc3C)n2)nc2cc(Cl)ccc21. The Morgan fingerprint density at radius 1 is 1.13 bits per heavy atom. The van der Waals surface area contributed by atoms with Crippen molar-refractivity contribution in [1.29, 1.82) is 0 Å². The molecule has 0 saturated heterocycles. The summed E-state index contributed by atoms with van der Waals surface area (Å²) in [6.45, 7) is 3.27. The second-order valence-corrected chi connectivity index (χ2v) is 8.21. The summed E-state index contributed by atoms with van der Waals surface area (Å²) in [5, 5.41) is 4.70. The summed E-state index contributed by atoms with van der Waals surface area (Å²) in [5.74, 6) is 1.63. The van der Waals surface area contributed by atoms with Gasteiger partial charge in [0.15, 0.2) is 5.16 Å². The fraction of sp³-hybridized carbons (Fsp3) is 0.238. The number of rotatable bonds is 8. The Hall–Kier alpha value is -2.88. The number of hydrogen-bond donors (Lipinski definition) is 2. The molecule has 31 heavy (non-hydrogen) atoms. The third kappa shape index (κ3) is 5.07. The van der Waals surface area contributed by atoms with E-state index in [2.05, 4.69) is 24.8 Å². The zero-order valence-electron chi connectivity index (χ0n) is 17.2. The summed E-state index contributed by atoms with van der Waals surface area (Å²) >= 11 is 7.67. The molecule has 0 aliphatic carbocycles. The van der Waals surface area contributed by atoms with Crippen LogP contribution in [0.25, 0.3) is 11.0 Å². The Morgan fingerprint density at radius 2 is 1.97 bits per heavy atom. The fourth-order valence-electron chi connectivity index (χ4n) is 3.11. The van der Waals surface area contributed by atoms with Crippen molar-refractivity contribution in [3.63, 3.8) is 0 Å². The molecule has 0 bridgehead atoms. The van der Waals surface area contributed by atoms with Crippen LogP contribution in [0.5, 0.6) is 0 Å². The number of benzene rings is 2. The first kappa shape index (κ1) is 21.4. The second-order valence-electron chi connectivity index (χ2n) is 6.83. The molecular formula is C21H22ClN7OS. The number of hydrogen-bond acceptors (Lipinski definition) is 8. The molecule has 0 saturated carbocycles. The summed E-state index contributed by atoms with van der Waals surface area (Å²) < 4.78 is 7.37. The molecule has 3 N–H and O–H groups in total. The minimum Gasteiger partial charge on any atom is -0.383 e. The van der Waals surface area contributed by atoms with Crippen molar-refractivity contribution in [2.75, 3.05) is 24.8 Å². The van der Waals surface area contributed by atoms with Crippen molar-refractivity contribution in [2.45, 2.75) is 24.4 Å². The minimum absolute atomic E-state index is 0.168. The highest BCUT2D eigenvalue weighted by Gasteiger charge is 2.14. The molecule has 0 amide bonds. The fourth-order valence-corrected chi connectivity index (χ4v) is 4.17. The number of nitrogens with one attached hydrogen (secondary N) is 1. The van der Waals surface area contributed by atoms with Gasteiger partial charge in [-0.25, -0.2) is 4.98 Å². The summed E-state index contributed by atoms with van der Waals surface area (Å²) in [6.07, 6.45) is 0. The topological polar surface area (TPSA) is 104 Å². The Labute approximate surface area is 189 Å². The lowest BCUT2D eigenvalue weighted by molar-refractivity contribution is 0.186. The molecule has 0 atom stereocenters. The maximum absolute atomic E-state index is 6.14. The maximum atomic E-state index is 6.14. The predicted molar refractivity (Wildman–Crippen MR) is 125 cm³/mol. The van der Waals surface area contributed by atoms with E-state index >= 15 is 0 Å². The highest BCUT2D eigenvalue weighted by atomic mass is 35.5. The van der Waals surface area contributed by atoms with E-state index in [1.165, 1.54) is 11.8 Å². The van der Waals surface area contributed by atoms with Crippen LogP contribution >= 0.6 is 23.4 Å². The lowest BCUT2D eigenvalue weighted by atomic mass is 10.2. The van der Waals surface area contributed by atoms with Crippen LogP contribution < -0.4 is 11.1 Å². The van der Waals surface area contributed by atoms with Gasteiger partial charge in [-0.1, -0.05) is 41.6 Å². The smallest absolute Gasteiger partial charge is 0.232 e. The van der Waals surface area contributed by atoms with Gasteiger partial charge in [-0.2, -0.15) is 15.0 Å². The van der Waals surface area contributed by atoms with Crippen LogP contribution in [0.3, 0.4) is 0 Å². The molecule has 2 aromatic carbocycles. The summed E-state index contributed by atoms with van der Waals surface area (Å²) in [6, 6.07) is 13.6. The third-order valence-corrected chi connectivity index (χ3v) is 5.82. The Bertz CT molecular complexity index is 1210. The van der Waals surface area contributed by atoms with E-state index in [9.17, 15) is 0 Å². The molecule has 4 aromatic rings. The van der Waals surface area contributed by atoms with Crippen LogP contribution in [0.2, 0.25) is 5.02 Å². The van der Waals surface area contributed by atoms with E-state index in [1.807, 2.05) is 49.4 Å². The molecule has 4 rings (SSSR count). The van der Waals surface area contributed by atoms with Gasteiger partial charge >= 0.3 is 0 Å². The number of aryl methyl sites for hydroxylation is 1. The monoisotopic (exact) mass is 455 g/mol.